The standard InChI is InChI=1S/C51H35N3.C39H26ClN3.C12H11BO2/c1-4-14-36(15-5-1)41-20-10-22-43(32-41)39-28-30-40(31-29-39)49-52-50(47-26-12-23-44(34-47)38-18-8-3-9-19-38)54-51(53-49)48-27-13-25-46(35-48)45-24-11-21-42(33-45)37-16-6-2-7-17-37;40-39-42-37(30-22-20-29(21-23-30)33-16-7-14-31(24-33)27-10-3-1-4-11-27)41-38(43-39)36-19-9-18-35(26-36)34-17-8-15-32(25-34)28-12-5-2-6-13-28;14-13(15)12-8-4-7-11(9-12)10-5-2-1-3-6-10/h1-35H;1-26H;1-9,14-15H. The van der Waals surface area contributed by atoms with Crippen molar-refractivity contribution in [1.29, 1.82) is 0 Å². The first-order chi connectivity index (χ1) is 55.2. The molecule has 18 aromatic rings. The van der Waals surface area contributed by atoms with Crippen molar-refractivity contribution >= 4 is 24.2 Å². The number of nitrogens with zero attached hydrogens (tertiary/aromatic N) is 6. The van der Waals surface area contributed by atoms with E-state index in [1.807, 2.05) is 97.1 Å². The Labute approximate surface area is 658 Å². The lowest BCUT2D eigenvalue weighted by atomic mass is 9.79. The highest BCUT2D eigenvalue weighted by atomic mass is 35.5. The van der Waals surface area contributed by atoms with Crippen LogP contribution in [0.4, 0.5) is 0 Å². The van der Waals surface area contributed by atoms with Gasteiger partial charge in [0.25, 0.3) is 0 Å². The second kappa shape index (κ2) is 34.4. The maximum Gasteiger partial charge on any atom is 0.488 e. The van der Waals surface area contributed by atoms with E-state index in [1.54, 1.807) is 12.1 Å². The zero-order chi connectivity index (χ0) is 75.8. The lowest BCUT2D eigenvalue weighted by Gasteiger charge is -2.12. The Bertz CT molecular complexity index is 6220. The summed E-state index contributed by atoms with van der Waals surface area (Å²) < 4.78 is 0. The molecule has 0 atom stereocenters. The molecule has 0 spiro atoms. The summed E-state index contributed by atoms with van der Waals surface area (Å²) in [6, 6.07) is 146. The third kappa shape index (κ3) is 17.5. The molecule has 18 rings (SSSR count). The Hall–Kier alpha value is -14.2. The molecule has 0 aliphatic carbocycles. The zero-order valence-electron chi connectivity index (χ0n) is 60.9. The van der Waals surface area contributed by atoms with E-state index in [1.165, 1.54) is 44.5 Å². The predicted octanol–water partition coefficient (Wildman–Crippen LogP) is 24.8. The summed E-state index contributed by atoms with van der Waals surface area (Å²) in [4.78, 5) is 29.1. The van der Waals surface area contributed by atoms with Gasteiger partial charge in [0, 0.05) is 27.8 Å². The highest BCUT2D eigenvalue weighted by Crippen LogP contribution is 2.37. The molecule has 0 saturated carbocycles. The topological polar surface area (TPSA) is 118 Å². The van der Waals surface area contributed by atoms with Crippen LogP contribution >= 0.6 is 11.6 Å². The second-order valence-corrected chi connectivity index (χ2v) is 27.3. The third-order valence-electron chi connectivity index (χ3n) is 19.5. The summed E-state index contributed by atoms with van der Waals surface area (Å²) in [6.45, 7) is 0. The van der Waals surface area contributed by atoms with Crippen LogP contribution in [0.15, 0.2) is 425 Å². The molecule has 16 aromatic carbocycles. The lowest BCUT2D eigenvalue weighted by molar-refractivity contribution is 0.426. The molecule has 8 nitrogen and oxygen atoms in total. The van der Waals surface area contributed by atoms with E-state index in [0.717, 1.165) is 94.6 Å². The highest BCUT2D eigenvalue weighted by molar-refractivity contribution is 6.58. The Kier molecular flexibility index (Phi) is 22.1. The molecule has 0 saturated heterocycles. The number of hydrogen-bond donors (Lipinski definition) is 2. The van der Waals surface area contributed by atoms with E-state index in [-0.39, 0.29) is 5.28 Å². The van der Waals surface area contributed by atoms with Crippen LogP contribution in [-0.2, 0) is 0 Å². The van der Waals surface area contributed by atoms with Crippen LogP contribution in [0.2, 0.25) is 5.28 Å². The molecule has 10 heteroatoms. The predicted molar refractivity (Wildman–Crippen MR) is 462 cm³/mol. The van der Waals surface area contributed by atoms with Crippen LogP contribution < -0.4 is 5.46 Å². The molecule has 112 heavy (non-hydrogen) atoms. The number of benzene rings is 16. The summed E-state index contributed by atoms with van der Waals surface area (Å²) in [7, 11) is -1.41. The summed E-state index contributed by atoms with van der Waals surface area (Å²) >= 11 is 6.44. The average molecular weight is 1460 g/mol. The van der Waals surface area contributed by atoms with Crippen LogP contribution in [0.3, 0.4) is 0 Å². The van der Waals surface area contributed by atoms with Gasteiger partial charge in [0.1, 0.15) is 0 Å². The molecule has 2 heterocycles. The van der Waals surface area contributed by atoms with Crippen LogP contribution in [0.25, 0.3) is 168 Å². The molecular formula is C102H72BClN6O2. The van der Waals surface area contributed by atoms with E-state index >= 15 is 0 Å². The van der Waals surface area contributed by atoms with Gasteiger partial charge in [-0.05, 0) is 171 Å². The molecule has 0 unspecified atom stereocenters. The van der Waals surface area contributed by atoms with E-state index in [9.17, 15) is 0 Å². The van der Waals surface area contributed by atoms with Gasteiger partial charge in [-0.15, -0.1) is 0 Å². The number of rotatable bonds is 16. The van der Waals surface area contributed by atoms with Gasteiger partial charge in [0.2, 0.25) is 5.28 Å². The molecule has 0 radical (unpaired) electrons. The van der Waals surface area contributed by atoms with Gasteiger partial charge in [-0.2, -0.15) is 9.97 Å². The van der Waals surface area contributed by atoms with Gasteiger partial charge in [-0.25, -0.2) is 19.9 Å². The van der Waals surface area contributed by atoms with Crippen molar-refractivity contribution < 1.29 is 10.0 Å². The summed E-state index contributed by atoms with van der Waals surface area (Å²) in [5.41, 5.74) is 27.8. The molecule has 532 valence electrons. The molecular weight excluding hydrogens is 1390 g/mol. The fourth-order valence-corrected chi connectivity index (χ4v) is 13.8. The molecule has 0 aliphatic rings. The van der Waals surface area contributed by atoms with Gasteiger partial charge in [0.05, 0.1) is 0 Å². The maximum atomic E-state index is 9.05. The van der Waals surface area contributed by atoms with Crippen molar-refractivity contribution in [2.45, 2.75) is 0 Å². The second-order valence-electron chi connectivity index (χ2n) is 27.0. The van der Waals surface area contributed by atoms with Crippen molar-refractivity contribution in [3.8, 4) is 168 Å². The van der Waals surface area contributed by atoms with Gasteiger partial charge in [0.15, 0.2) is 29.1 Å². The molecule has 0 fully saturated rings. The van der Waals surface area contributed by atoms with E-state index in [0.29, 0.717) is 34.6 Å². The Morgan fingerprint density at radius 3 is 0.562 bits per heavy atom. The molecule has 0 bridgehead atoms. The first-order valence-electron chi connectivity index (χ1n) is 37.1. The first kappa shape index (κ1) is 72.0. The smallest absolute Gasteiger partial charge is 0.423 e. The first-order valence-corrected chi connectivity index (χ1v) is 37.5. The number of hydrogen-bond acceptors (Lipinski definition) is 8. The van der Waals surface area contributed by atoms with Crippen molar-refractivity contribution in [2.24, 2.45) is 0 Å². The van der Waals surface area contributed by atoms with Crippen LogP contribution in [0.1, 0.15) is 0 Å². The van der Waals surface area contributed by atoms with Crippen LogP contribution in [0, 0.1) is 0 Å². The molecule has 0 amide bonds. The highest BCUT2D eigenvalue weighted by Gasteiger charge is 2.18. The molecule has 0 aliphatic heterocycles. The third-order valence-corrected chi connectivity index (χ3v) is 19.7. The monoisotopic (exact) mass is 1460 g/mol. The van der Waals surface area contributed by atoms with Gasteiger partial charge in [-0.3, -0.25) is 0 Å². The van der Waals surface area contributed by atoms with Crippen LogP contribution in [0.5, 0.6) is 0 Å². The molecule has 2 aromatic heterocycles. The fourth-order valence-electron chi connectivity index (χ4n) is 13.7. The van der Waals surface area contributed by atoms with Gasteiger partial charge < -0.3 is 10.0 Å². The Morgan fingerprint density at radius 1 is 0.152 bits per heavy atom. The van der Waals surface area contributed by atoms with Crippen molar-refractivity contribution in [1.82, 2.24) is 29.9 Å². The average Bonchev–Trinajstić information content (AvgIpc) is 0.634. The van der Waals surface area contributed by atoms with E-state index in [4.69, 9.17) is 41.6 Å². The van der Waals surface area contributed by atoms with E-state index < -0.39 is 7.12 Å². The number of halogens is 1. The number of aromatic nitrogens is 6. The zero-order valence-corrected chi connectivity index (χ0v) is 61.7. The SMILES string of the molecule is Clc1nc(-c2ccc(-c3cccc(-c4ccccc4)c3)cc2)nc(-c2cccc(-c3cccc(-c4ccccc4)c3)c2)n1.OB(O)c1cccc(-c2ccccc2)c1.c1ccc(-c2cccc(-c3ccc(-c4nc(-c5cccc(-c6ccccc6)c5)nc(-c5cccc(-c6cccc(-c7ccccc7)c6)c5)n4)cc3)c2)cc1. The molecule has 2 N–H and O–H groups in total. The van der Waals surface area contributed by atoms with Crippen molar-refractivity contribution in [3.05, 3.63) is 430 Å². The fraction of sp³-hybridized carbons (Fsp3) is 0. The quantitative estimate of drug-likeness (QED) is 0.0919. The summed E-state index contributed by atoms with van der Waals surface area (Å²) in [5.74, 6) is 2.96. The summed E-state index contributed by atoms with van der Waals surface area (Å²) in [5, 5.41) is 18.3. The minimum absolute atomic E-state index is 0.163. The van der Waals surface area contributed by atoms with Gasteiger partial charge >= 0.3 is 7.12 Å². The van der Waals surface area contributed by atoms with E-state index in [2.05, 4.69) is 325 Å². The Balaban J connectivity index is 0.000000145. The summed E-state index contributed by atoms with van der Waals surface area (Å²) in [6.07, 6.45) is 0. The van der Waals surface area contributed by atoms with Crippen molar-refractivity contribution in [3.63, 3.8) is 0 Å². The Morgan fingerprint density at radius 2 is 0.312 bits per heavy atom. The minimum atomic E-state index is -1.41. The lowest BCUT2D eigenvalue weighted by Crippen LogP contribution is -2.29. The van der Waals surface area contributed by atoms with Gasteiger partial charge in [-0.1, -0.05) is 382 Å². The normalized spacial score (nSPS) is 10.8. The van der Waals surface area contributed by atoms with Crippen molar-refractivity contribution in [2.75, 3.05) is 0 Å². The minimum Gasteiger partial charge on any atom is -0.423 e. The van der Waals surface area contributed by atoms with Crippen LogP contribution in [-0.4, -0.2) is 47.1 Å². The largest absolute Gasteiger partial charge is 0.488 e. The maximum absolute atomic E-state index is 9.05.